The van der Waals surface area contributed by atoms with Gasteiger partial charge in [-0.25, -0.2) is 8.42 Å². The smallest absolute Gasteiger partial charge is 0.214 e. The molecule has 19 heavy (non-hydrogen) atoms. The highest BCUT2D eigenvalue weighted by Gasteiger charge is 2.25. The Morgan fingerprint density at radius 1 is 1.32 bits per heavy atom. The summed E-state index contributed by atoms with van der Waals surface area (Å²) in [6, 6.07) is 9.27. The van der Waals surface area contributed by atoms with Crippen molar-refractivity contribution in [1.29, 1.82) is 0 Å². The molecule has 0 aliphatic rings. The number of benzene rings is 1. The number of rotatable bonds is 5. The summed E-state index contributed by atoms with van der Waals surface area (Å²) in [5.41, 5.74) is 0.783. The van der Waals surface area contributed by atoms with Crippen LogP contribution in [0.5, 0.6) is 0 Å². The summed E-state index contributed by atoms with van der Waals surface area (Å²) in [5, 5.41) is 0.991. The van der Waals surface area contributed by atoms with Crippen LogP contribution in [-0.4, -0.2) is 25.5 Å². The third kappa shape index (κ3) is 2.82. The Morgan fingerprint density at radius 3 is 2.63 bits per heavy atom. The summed E-state index contributed by atoms with van der Waals surface area (Å²) < 4.78 is 31.2. The number of sulfonamides is 1. The van der Waals surface area contributed by atoms with Crippen LogP contribution in [0, 0.1) is 0 Å². The van der Waals surface area contributed by atoms with E-state index in [2.05, 4.69) is 0 Å². The quantitative estimate of drug-likeness (QED) is 0.846. The molecule has 1 atom stereocenters. The van der Waals surface area contributed by atoms with Crippen LogP contribution in [0.15, 0.2) is 34.7 Å². The average molecular weight is 281 g/mol. The molecule has 0 bridgehead atoms. The van der Waals surface area contributed by atoms with Gasteiger partial charge in [0.05, 0.1) is 11.8 Å². The van der Waals surface area contributed by atoms with E-state index in [1.807, 2.05) is 44.2 Å². The molecule has 0 radical (unpaired) electrons. The first-order chi connectivity index (χ1) is 8.95. The van der Waals surface area contributed by atoms with Crippen LogP contribution in [0.4, 0.5) is 0 Å². The van der Waals surface area contributed by atoms with E-state index in [-0.39, 0.29) is 11.8 Å². The molecule has 0 aliphatic carbocycles. The lowest BCUT2D eigenvalue weighted by molar-refractivity contribution is 0.348. The maximum absolute atomic E-state index is 12.0. The summed E-state index contributed by atoms with van der Waals surface area (Å²) in [6.07, 6.45) is 0.611. The minimum Gasteiger partial charge on any atom is -0.459 e. The van der Waals surface area contributed by atoms with Crippen LogP contribution in [0.3, 0.4) is 0 Å². The van der Waals surface area contributed by atoms with Gasteiger partial charge in [0.25, 0.3) is 0 Å². The molecule has 1 unspecified atom stereocenters. The van der Waals surface area contributed by atoms with Gasteiger partial charge in [-0.1, -0.05) is 25.1 Å². The van der Waals surface area contributed by atoms with E-state index < -0.39 is 10.0 Å². The Bertz CT molecular complexity index is 627. The van der Waals surface area contributed by atoms with Crippen molar-refractivity contribution in [1.82, 2.24) is 4.31 Å². The van der Waals surface area contributed by atoms with E-state index in [0.717, 1.165) is 11.0 Å². The highest BCUT2D eigenvalue weighted by atomic mass is 32.2. The van der Waals surface area contributed by atoms with Gasteiger partial charge in [0.1, 0.15) is 11.3 Å². The monoisotopic (exact) mass is 281 g/mol. The van der Waals surface area contributed by atoms with Gasteiger partial charge in [-0.05, 0) is 25.5 Å². The van der Waals surface area contributed by atoms with Gasteiger partial charge in [-0.3, -0.25) is 0 Å². The first kappa shape index (κ1) is 14.1. The minimum absolute atomic E-state index is 0.161. The van der Waals surface area contributed by atoms with Crippen LogP contribution >= 0.6 is 0 Å². The third-order valence-electron chi connectivity index (χ3n) is 3.30. The Morgan fingerprint density at radius 2 is 2.00 bits per heavy atom. The van der Waals surface area contributed by atoms with Crippen LogP contribution in [0.2, 0.25) is 0 Å². The fourth-order valence-electron chi connectivity index (χ4n) is 2.03. The second-order valence-electron chi connectivity index (χ2n) is 4.69. The normalized spacial score (nSPS) is 14.1. The van der Waals surface area contributed by atoms with E-state index in [4.69, 9.17) is 4.42 Å². The maximum atomic E-state index is 12.0. The van der Waals surface area contributed by atoms with Crippen molar-refractivity contribution in [3.63, 3.8) is 0 Å². The molecule has 1 heterocycles. The van der Waals surface area contributed by atoms with Crippen molar-refractivity contribution in [2.45, 2.75) is 26.3 Å². The zero-order chi connectivity index (χ0) is 14.0. The van der Waals surface area contributed by atoms with Gasteiger partial charge < -0.3 is 4.42 Å². The van der Waals surface area contributed by atoms with E-state index >= 15 is 0 Å². The molecule has 104 valence electrons. The van der Waals surface area contributed by atoms with Crippen LogP contribution in [-0.2, 0) is 10.0 Å². The third-order valence-corrected chi connectivity index (χ3v) is 5.42. The van der Waals surface area contributed by atoms with Crippen molar-refractivity contribution >= 4 is 21.0 Å². The molecule has 0 N–H and O–H groups in total. The number of furan rings is 1. The van der Waals surface area contributed by atoms with Gasteiger partial charge in [0.15, 0.2) is 0 Å². The van der Waals surface area contributed by atoms with E-state index in [1.54, 1.807) is 7.05 Å². The summed E-state index contributed by atoms with van der Waals surface area (Å²) in [5.74, 6) is 0.831. The lowest BCUT2D eigenvalue weighted by Crippen LogP contribution is -2.31. The standard InChI is InChI=1S/C14H19NO3S/c1-4-9-19(16,17)15(3)11(2)14-10-12-7-5-6-8-13(12)18-14/h5-8,10-11H,4,9H2,1-3H3. The predicted octanol–water partition coefficient (Wildman–Crippen LogP) is 3.17. The topological polar surface area (TPSA) is 50.5 Å². The van der Waals surface area contributed by atoms with Crippen LogP contribution < -0.4 is 0 Å². The van der Waals surface area contributed by atoms with Gasteiger partial charge >= 0.3 is 0 Å². The van der Waals surface area contributed by atoms with Crippen molar-refractivity contribution in [2.75, 3.05) is 12.8 Å². The van der Waals surface area contributed by atoms with Crippen LogP contribution in [0.25, 0.3) is 11.0 Å². The van der Waals surface area contributed by atoms with Crippen molar-refractivity contribution < 1.29 is 12.8 Å². The van der Waals surface area contributed by atoms with Gasteiger partial charge in [-0.15, -0.1) is 0 Å². The van der Waals surface area contributed by atoms with Crippen molar-refractivity contribution in [2.24, 2.45) is 0 Å². The zero-order valence-electron chi connectivity index (χ0n) is 11.5. The Labute approximate surface area is 114 Å². The zero-order valence-corrected chi connectivity index (χ0v) is 12.3. The number of nitrogens with zero attached hydrogens (tertiary/aromatic N) is 1. The summed E-state index contributed by atoms with van der Waals surface area (Å²) in [6.45, 7) is 3.70. The van der Waals surface area contributed by atoms with Gasteiger partial charge in [-0.2, -0.15) is 4.31 Å². The molecular weight excluding hydrogens is 262 g/mol. The van der Waals surface area contributed by atoms with Crippen molar-refractivity contribution in [3.05, 3.63) is 36.1 Å². The number of hydrogen-bond donors (Lipinski definition) is 0. The fourth-order valence-corrected chi connectivity index (χ4v) is 3.42. The van der Waals surface area contributed by atoms with Gasteiger partial charge in [0, 0.05) is 12.4 Å². The SMILES string of the molecule is CCCS(=O)(=O)N(C)C(C)c1cc2ccccc2o1. The molecule has 0 saturated heterocycles. The molecule has 0 fully saturated rings. The highest BCUT2D eigenvalue weighted by Crippen LogP contribution is 2.28. The molecule has 4 nitrogen and oxygen atoms in total. The molecule has 1 aromatic heterocycles. The van der Waals surface area contributed by atoms with E-state index in [0.29, 0.717) is 12.2 Å². The Balaban J connectivity index is 2.30. The van der Waals surface area contributed by atoms with Crippen molar-refractivity contribution in [3.8, 4) is 0 Å². The highest BCUT2D eigenvalue weighted by molar-refractivity contribution is 7.89. The molecule has 2 rings (SSSR count). The average Bonchev–Trinajstić information content (AvgIpc) is 2.80. The van der Waals surface area contributed by atoms with Gasteiger partial charge in [0.2, 0.25) is 10.0 Å². The molecular formula is C14H19NO3S. The Kier molecular flexibility index (Phi) is 3.96. The number of para-hydroxylation sites is 1. The first-order valence-corrected chi connectivity index (χ1v) is 8.01. The molecule has 0 saturated carbocycles. The molecule has 0 amide bonds. The molecule has 0 aliphatic heterocycles. The van der Waals surface area contributed by atoms with E-state index in [1.165, 1.54) is 4.31 Å². The largest absolute Gasteiger partial charge is 0.459 e. The summed E-state index contributed by atoms with van der Waals surface area (Å²) in [4.78, 5) is 0. The predicted molar refractivity (Wildman–Crippen MR) is 76.5 cm³/mol. The number of hydrogen-bond acceptors (Lipinski definition) is 3. The van der Waals surface area contributed by atoms with Crippen LogP contribution in [0.1, 0.15) is 32.1 Å². The molecule has 0 spiro atoms. The molecule has 2 aromatic rings. The lowest BCUT2D eigenvalue weighted by Gasteiger charge is -2.22. The first-order valence-electron chi connectivity index (χ1n) is 6.40. The van der Waals surface area contributed by atoms with E-state index in [9.17, 15) is 8.42 Å². The molecule has 5 heteroatoms. The minimum atomic E-state index is -3.22. The maximum Gasteiger partial charge on any atom is 0.214 e. The Hall–Kier alpha value is -1.33. The summed E-state index contributed by atoms with van der Waals surface area (Å²) in [7, 11) is -1.62. The lowest BCUT2D eigenvalue weighted by atomic mass is 10.2. The number of fused-ring (bicyclic) bond motifs is 1. The summed E-state index contributed by atoms with van der Waals surface area (Å²) >= 11 is 0. The second-order valence-corrected chi connectivity index (χ2v) is 6.84. The molecule has 1 aromatic carbocycles. The second kappa shape index (κ2) is 5.35. The fraction of sp³-hybridized carbons (Fsp3) is 0.429.